The molecule has 0 aliphatic carbocycles. The van der Waals surface area contributed by atoms with Crippen LogP contribution in [0.4, 0.5) is 5.69 Å². The number of carbonyl (C=O) groups is 1. The van der Waals surface area contributed by atoms with Gasteiger partial charge in [0, 0.05) is 18.9 Å². The van der Waals surface area contributed by atoms with Crippen molar-refractivity contribution in [1.82, 2.24) is 10.3 Å². The van der Waals surface area contributed by atoms with E-state index in [1.54, 1.807) is 24.7 Å². The zero-order valence-corrected chi connectivity index (χ0v) is 12.3. The van der Waals surface area contributed by atoms with Crippen LogP contribution in [0.5, 0.6) is 0 Å². The Morgan fingerprint density at radius 1 is 1.33 bits per heavy atom. The van der Waals surface area contributed by atoms with Gasteiger partial charge < -0.3 is 15.1 Å². The molecule has 0 aromatic carbocycles. The Hall–Kier alpha value is -2.30. The second-order valence-electron chi connectivity index (χ2n) is 4.86. The fourth-order valence-electron chi connectivity index (χ4n) is 1.95. The quantitative estimate of drug-likeness (QED) is 0.732. The van der Waals surface area contributed by atoms with Crippen molar-refractivity contribution < 1.29 is 9.21 Å². The second kappa shape index (κ2) is 8.09. The van der Waals surface area contributed by atoms with Gasteiger partial charge in [-0.1, -0.05) is 19.8 Å². The van der Waals surface area contributed by atoms with Gasteiger partial charge in [-0.15, -0.1) is 0 Å². The van der Waals surface area contributed by atoms with Crippen molar-refractivity contribution in [2.24, 2.45) is 0 Å². The van der Waals surface area contributed by atoms with E-state index in [-0.39, 0.29) is 5.91 Å². The largest absolute Gasteiger partial charge is 0.467 e. The Bertz CT molecular complexity index is 552. The van der Waals surface area contributed by atoms with Gasteiger partial charge in [-0.3, -0.25) is 9.78 Å². The Morgan fingerprint density at radius 2 is 2.24 bits per heavy atom. The Kier molecular flexibility index (Phi) is 5.82. The molecule has 2 aromatic heterocycles. The number of aromatic nitrogens is 1. The molecule has 0 saturated carbocycles. The Balaban J connectivity index is 1.85. The number of rotatable bonds is 8. The maximum Gasteiger partial charge on any atom is 0.253 e. The van der Waals surface area contributed by atoms with E-state index in [1.807, 2.05) is 12.1 Å². The highest BCUT2D eigenvalue weighted by Gasteiger charge is 2.07. The van der Waals surface area contributed by atoms with Gasteiger partial charge >= 0.3 is 0 Å². The van der Waals surface area contributed by atoms with Gasteiger partial charge in [-0.05, 0) is 24.6 Å². The number of unbranched alkanes of at least 4 members (excludes halogenated alkanes) is 2. The minimum absolute atomic E-state index is 0.156. The third kappa shape index (κ3) is 4.95. The number of carbonyl (C=O) groups excluding carboxylic acids is 1. The van der Waals surface area contributed by atoms with Crippen LogP contribution in [0.15, 0.2) is 41.3 Å². The zero-order valence-electron chi connectivity index (χ0n) is 12.3. The van der Waals surface area contributed by atoms with Gasteiger partial charge in [0.15, 0.2) is 0 Å². The van der Waals surface area contributed by atoms with Crippen LogP contribution < -0.4 is 10.6 Å². The van der Waals surface area contributed by atoms with Gasteiger partial charge in [0.1, 0.15) is 5.76 Å². The number of hydrogen-bond donors (Lipinski definition) is 2. The van der Waals surface area contributed by atoms with Crippen LogP contribution in [-0.4, -0.2) is 17.4 Å². The molecule has 0 saturated heterocycles. The van der Waals surface area contributed by atoms with E-state index in [2.05, 4.69) is 22.5 Å². The summed E-state index contributed by atoms with van der Waals surface area (Å²) in [7, 11) is 0. The summed E-state index contributed by atoms with van der Waals surface area (Å²) in [5, 5.41) is 6.09. The van der Waals surface area contributed by atoms with Crippen molar-refractivity contribution in [2.75, 3.05) is 11.9 Å². The third-order valence-corrected chi connectivity index (χ3v) is 3.11. The molecule has 0 bridgehead atoms. The highest BCUT2D eigenvalue weighted by Crippen LogP contribution is 2.09. The predicted octanol–water partition coefficient (Wildman–Crippen LogP) is 3.21. The van der Waals surface area contributed by atoms with Crippen LogP contribution >= 0.6 is 0 Å². The fourth-order valence-corrected chi connectivity index (χ4v) is 1.95. The lowest BCUT2D eigenvalue weighted by Gasteiger charge is -2.08. The zero-order chi connectivity index (χ0) is 14.9. The number of nitrogens with one attached hydrogen (secondary N) is 2. The summed E-state index contributed by atoms with van der Waals surface area (Å²) in [6.45, 7) is 3.44. The van der Waals surface area contributed by atoms with Crippen molar-refractivity contribution in [3.63, 3.8) is 0 Å². The molecule has 0 aliphatic heterocycles. The van der Waals surface area contributed by atoms with Crippen molar-refractivity contribution >= 4 is 11.6 Å². The SMILES string of the molecule is CCCCCNc1cncc(C(=O)NCc2ccco2)c1. The van der Waals surface area contributed by atoms with Crippen molar-refractivity contribution in [3.8, 4) is 0 Å². The predicted molar refractivity (Wildman–Crippen MR) is 82.1 cm³/mol. The molecular weight excluding hydrogens is 266 g/mol. The van der Waals surface area contributed by atoms with Crippen molar-refractivity contribution in [1.29, 1.82) is 0 Å². The first-order chi connectivity index (χ1) is 10.3. The molecule has 21 heavy (non-hydrogen) atoms. The van der Waals surface area contributed by atoms with E-state index in [0.29, 0.717) is 12.1 Å². The van der Waals surface area contributed by atoms with E-state index >= 15 is 0 Å². The number of furan rings is 1. The molecule has 2 rings (SSSR count). The van der Waals surface area contributed by atoms with E-state index in [4.69, 9.17) is 4.42 Å². The van der Waals surface area contributed by atoms with Crippen LogP contribution in [0, 0.1) is 0 Å². The number of hydrogen-bond acceptors (Lipinski definition) is 4. The van der Waals surface area contributed by atoms with E-state index in [9.17, 15) is 4.79 Å². The molecular formula is C16H21N3O2. The fraction of sp³-hybridized carbons (Fsp3) is 0.375. The average molecular weight is 287 g/mol. The first-order valence-electron chi connectivity index (χ1n) is 7.29. The van der Waals surface area contributed by atoms with Gasteiger partial charge in [-0.2, -0.15) is 0 Å². The standard InChI is InChI=1S/C16H21N3O2/c1-2-3-4-7-18-14-9-13(10-17-11-14)16(20)19-12-15-6-5-8-21-15/h5-6,8-11,18H,2-4,7,12H2,1H3,(H,19,20). The van der Waals surface area contributed by atoms with Crippen LogP contribution in [0.25, 0.3) is 0 Å². The Morgan fingerprint density at radius 3 is 3.00 bits per heavy atom. The maximum absolute atomic E-state index is 12.0. The maximum atomic E-state index is 12.0. The third-order valence-electron chi connectivity index (χ3n) is 3.11. The summed E-state index contributed by atoms with van der Waals surface area (Å²) in [4.78, 5) is 16.2. The normalized spacial score (nSPS) is 10.3. The molecule has 0 aliphatic rings. The lowest BCUT2D eigenvalue weighted by atomic mass is 10.2. The molecule has 112 valence electrons. The van der Waals surface area contributed by atoms with Crippen LogP contribution in [0.3, 0.4) is 0 Å². The molecule has 2 N–H and O–H groups in total. The number of amides is 1. The molecule has 0 fully saturated rings. The molecule has 1 amide bonds. The van der Waals surface area contributed by atoms with Crippen LogP contribution in [-0.2, 0) is 6.54 Å². The molecule has 2 aromatic rings. The van der Waals surface area contributed by atoms with Crippen LogP contribution in [0.2, 0.25) is 0 Å². The number of nitrogens with zero attached hydrogens (tertiary/aromatic N) is 1. The van der Waals surface area contributed by atoms with Crippen molar-refractivity contribution in [2.45, 2.75) is 32.7 Å². The number of pyridine rings is 1. The molecule has 2 heterocycles. The van der Waals surface area contributed by atoms with E-state index in [0.717, 1.165) is 24.4 Å². The molecule has 0 atom stereocenters. The van der Waals surface area contributed by atoms with Crippen molar-refractivity contribution in [3.05, 3.63) is 48.2 Å². The van der Waals surface area contributed by atoms with Gasteiger partial charge in [-0.25, -0.2) is 0 Å². The summed E-state index contributed by atoms with van der Waals surface area (Å²) in [6, 6.07) is 5.44. The van der Waals surface area contributed by atoms with Gasteiger partial charge in [0.2, 0.25) is 0 Å². The average Bonchev–Trinajstić information content (AvgIpc) is 3.03. The van der Waals surface area contributed by atoms with Gasteiger partial charge in [0.05, 0.1) is 24.1 Å². The van der Waals surface area contributed by atoms with E-state index in [1.165, 1.54) is 12.8 Å². The summed E-state index contributed by atoms with van der Waals surface area (Å²) in [5.41, 5.74) is 1.42. The monoisotopic (exact) mass is 287 g/mol. The topological polar surface area (TPSA) is 67.2 Å². The first kappa shape index (κ1) is 15.1. The highest BCUT2D eigenvalue weighted by molar-refractivity contribution is 5.94. The minimum Gasteiger partial charge on any atom is -0.467 e. The Labute approximate surface area is 124 Å². The molecule has 5 heteroatoms. The number of anilines is 1. The van der Waals surface area contributed by atoms with Crippen LogP contribution in [0.1, 0.15) is 42.3 Å². The summed E-state index contributed by atoms with van der Waals surface area (Å²) >= 11 is 0. The second-order valence-corrected chi connectivity index (χ2v) is 4.86. The molecule has 0 unspecified atom stereocenters. The molecule has 0 spiro atoms. The lowest BCUT2D eigenvalue weighted by Crippen LogP contribution is -2.22. The lowest BCUT2D eigenvalue weighted by molar-refractivity contribution is 0.0947. The summed E-state index contributed by atoms with van der Waals surface area (Å²) in [5.74, 6) is 0.571. The summed E-state index contributed by atoms with van der Waals surface area (Å²) < 4.78 is 5.18. The highest BCUT2D eigenvalue weighted by atomic mass is 16.3. The molecule has 0 radical (unpaired) electrons. The van der Waals surface area contributed by atoms with Gasteiger partial charge in [0.25, 0.3) is 5.91 Å². The van der Waals surface area contributed by atoms with E-state index < -0.39 is 0 Å². The minimum atomic E-state index is -0.156. The summed E-state index contributed by atoms with van der Waals surface area (Å²) in [6.07, 6.45) is 8.39. The molecule has 5 nitrogen and oxygen atoms in total. The smallest absolute Gasteiger partial charge is 0.253 e. The first-order valence-corrected chi connectivity index (χ1v) is 7.29.